The number of aliphatic hydroxyl groups excluding tert-OH is 3. The molecule has 1 heterocycles. The molecule has 162 valence electrons. The van der Waals surface area contributed by atoms with Gasteiger partial charge in [-0.2, -0.15) is 0 Å². The molecule has 2 aromatic rings. The summed E-state index contributed by atoms with van der Waals surface area (Å²) in [6, 6.07) is 16.2. The van der Waals surface area contributed by atoms with Gasteiger partial charge in [-0.25, -0.2) is 4.79 Å². The minimum Gasteiger partial charge on any atom is -0.489 e. The highest BCUT2D eigenvalue weighted by Gasteiger charge is 2.44. The average molecular weight is 418 g/mol. The maximum atomic E-state index is 12.3. The largest absolute Gasteiger partial charge is 0.489 e. The normalized spacial score (nSPS) is 26.2. The number of benzene rings is 2. The standard InChI is InChI=1S/C22H26O8/c1-2-27-22-20(25)19(24)18(23)17(30-22)13-29-21(26)15-8-10-16(11-9-15)28-12-14-6-4-3-5-7-14/h3-11,17-20,22-25H,2,12-13H2,1H3/t17-,18-,19+,20-,22+/m1/s1. The number of hydrogen-bond acceptors (Lipinski definition) is 8. The Hall–Kier alpha value is -2.49. The van der Waals surface area contributed by atoms with Crippen molar-refractivity contribution in [1.82, 2.24) is 0 Å². The fourth-order valence-corrected chi connectivity index (χ4v) is 3.03. The van der Waals surface area contributed by atoms with Crippen molar-refractivity contribution in [2.24, 2.45) is 0 Å². The second-order valence-electron chi connectivity index (χ2n) is 6.87. The van der Waals surface area contributed by atoms with Gasteiger partial charge in [0.2, 0.25) is 0 Å². The summed E-state index contributed by atoms with van der Waals surface area (Å²) in [7, 11) is 0. The van der Waals surface area contributed by atoms with E-state index in [2.05, 4.69) is 0 Å². The van der Waals surface area contributed by atoms with Crippen molar-refractivity contribution in [2.75, 3.05) is 13.2 Å². The first-order valence-electron chi connectivity index (χ1n) is 9.74. The molecule has 0 spiro atoms. The van der Waals surface area contributed by atoms with Gasteiger partial charge >= 0.3 is 5.97 Å². The minimum atomic E-state index is -1.47. The highest BCUT2D eigenvalue weighted by molar-refractivity contribution is 5.89. The van der Waals surface area contributed by atoms with Crippen LogP contribution in [0.15, 0.2) is 54.6 Å². The fraction of sp³-hybridized carbons (Fsp3) is 0.409. The van der Waals surface area contributed by atoms with Crippen LogP contribution >= 0.6 is 0 Å². The molecule has 3 rings (SSSR count). The Bertz CT molecular complexity index is 795. The van der Waals surface area contributed by atoms with Crippen LogP contribution in [0.2, 0.25) is 0 Å². The Balaban J connectivity index is 1.51. The van der Waals surface area contributed by atoms with Gasteiger partial charge in [-0.05, 0) is 36.8 Å². The van der Waals surface area contributed by atoms with Gasteiger partial charge in [0.1, 0.15) is 43.4 Å². The summed E-state index contributed by atoms with van der Waals surface area (Å²) in [5, 5.41) is 29.9. The molecule has 0 unspecified atom stereocenters. The van der Waals surface area contributed by atoms with Gasteiger partial charge < -0.3 is 34.3 Å². The quantitative estimate of drug-likeness (QED) is 0.549. The Morgan fingerprint density at radius 2 is 1.67 bits per heavy atom. The summed E-state index contributed by atoms with van der Waals surface area (Å²) in [5.41, 5.74) is 1.33. The molecule has 8 heteroatoms. The van der Waals surface area contributed by atoms with E-state index in [1.807, 2.05) is 30.3 Å². The summed E-state index contributed by atoms with van der Waals surface area (Å²) in [5.74, 6) is -0.00733. The van der Waals surface area contributed by atoms with Crippen molar-refractivity contribution in [2.45, 2.75) is 44.2 Å². The van der Waals surface area contributed by atoms with E-state index in [4.69, 9.17) is 18.9 Å². The van der Waals surface area contributed by atoms with Gasteiger partial charge in [-0.1, -0.05) is 30.3 Å². The third kappa shape index (κ3) is 5.56. The van der Waals surface area contributed by atoms with Crippen LogP contribution in [0.5, 0.6) is 5.75 Å². The van der Waals surface area contributed by atoms with Crippen LogP contribution in [0.4, 0.5) is 0 Å². The molecule has 0 aliphatic carbocycles. The molecular formula is C22H26O8. The Morgan fingerprint density at radius 3 is 2.33 bits per heavy atom. The lowest BCUT2D eigenvalue weighted by Crippen LogP contribution is -2.59. The van der Waals surface area contributed by atoms with Crippen LogP contribution in [0.3, 0.4) is 0 Å². The Labute approximate surface area is 174 Å². The molecule has 3 N–H and O–H groups in total. The van der Waals surface area contributed by atoms with Gasteiger partial charge in [0.15, 0.2) is 6.29 Å². The molecule has 1 fully saturated rings. The first-order valence-corrected chi connectivity index (χ1v) is 9.74. The van der Waals surface area contributed by atoms with E-state index in [-0.39, 0.29) is 13.2 Å². The molecular weight excluding hydrogens is 392 g/mol. The van der Waals surface area contributed by atoms with Crippen molar-refractivity contribution in [1.29, 1.82) is 0 Å². The molecule has 1 aliphatic rings. The predicted molar refractivity (Wildman–Crippen MR) is 106 cm³/mol. The van der Waals surface area contributed by atoms with Crippen LogP contribution in [0.1, 0.15) is 22.8 Å². The number of carbonyl (C=O) groups excluding carboxylic acids is 1. The smallest absolute Gasteiger partial charge is 0.338 e. The molecule has 0 aromatic heterocycles. The predicted octanol–water partition coefficient (Wildman–Crippen LogP) is 1.27. The summed E-state index contributed by atoms with van der Waals surface area (Å²) >= 11 is 0. The lowest BCUT2D eigenvalue weighted by Gasteiger charge is -2.39. The maximum Gasteiger partial charge on any atom is 0.338 e. The Morgan fingerprint density at radius 1 is 0.967 bits per heavy atom. The van der Waals surface area contributed by atoms with Gasteiger partial charge in [0.05, 0.1) is 5.56 Å². The molecule has 1 aliphatic heterocycles. The third-order valence-corrected chi connectivity index (χ3v) is 4.72. The van der Waals surface area contributed by atoms with Crippen molar-refractivity contribution < 1.29 is 39.1 Å². The minimum absolute atomic E-state index is 0.246. The van der Waals surface area contributed by atoms with Crippen LogP contribution in [-0.4, -0.2) is 65.2 Å². The van der Waals surface area contributed by atoms with E-state index >= 15 is 0 Å². The van der Waals surface area contributed by atoms with Crippen LogP contribution in [0, 0.1) is 0 Å². The highest BCUT2D eigenvalue weighted by atomic mass is 16.7. The second-order valence-corrected chi connectivity index (χ2v) is 6.87. The lowest BCUT2D eigenvalue weighted by atomic mass is 9.99. The molecule has 0 bridgehead atoms. The monoisotopic (exact) mass is 418 g/mol. The van der Waals surface area contributed by atoms with E-state index in [1.54, 1.807) is 31.2 Å². The summed E-state index contributed by atoms with van der Waals surface area (Å²) in [6.07, 6.45) is -6.43. The third-order valence-electron chi connectivity index (χ3n) is 4.72. The van der Waals surface area contributed by atoms with Crippen molar-refractivity contribution in [3.8, 4) is 5.75 Å². The molecule has 5 atom stereocenters. The van der Waals surface area contributed by atoms with E-state index in [0.29, 0.717) is 17.9 Å². The summed E-state index contributed by atoms with van der Waals surface area (Å²) < 4.78 is 21.5. The SMILES string of the molecule is CCO[C@H]1O[C@H](COC(=O)c2ccc(OCc3ccccc3)cc2)[C@@H](O)[C@H](O)[C@H]1O. The molecule has 0 radical (unpaired) electrons. The number of aliphatic hydroxyl groups is 3. The first kappa shape index (κ1) is 22.2. The number of ether oxygens (including phenoxy) is 4. The number of esters is 1. The van der Waals surface area contributed by atoms with Crippen LogP contribution in [0.25, 0.3) is 0 Å². The highest BCUT2D eigenvalue weighted by Crippen LogP contribution is 2.23. The van der Waals surface area contributed by atoms with E-state index in [0.717, 1.165) is 5.56 Å². The first-order chi connectivity index (χ1) is 14.5. The second kappa shape index (κ2) is 10.5. The zero-order chi connectivity index (χ0) is 21.5. The number of rotatable bonds is 8. The molecule has 2 aromatic carbocycles. The summed E-state index contributed by atoms with van der Waals surface area (Å²) in [4.78, 5) is 12.3. The molecule has 0 amide bonds. The molecule has 0 saturated carbocycles. The van der Waals surface area contributed by atoms with E-state index < -0.39 is 36.7 Å². The zero-order valence-corrected chi connectivity index (χ0v) is 16.6. The van der Waals surface area contributed by atoms with Crippen molar-refractivity contribution in [3.63, 3.8) is 0 Å². The maximum absolute atomic E-state index is 12.3. The van der Waals surface area contributed by atoms with Gasteiger partial charge in [-0.15, -0.1) is 0 Å². The zero-order valence-electron chi connectivity index (χ0n) is 16.6. The fourth-order valence-electron chi connectivity index (χ4n) is 3.03. The number of hydrogen-bond donors (Lipinski definition) is 3. The average Bonchev–Trinajstić information content (AvgIpc) is 2.78. The molecule has 8 nitrogen and oxygen atoms in total. The van der Waals surface area contributed by atoms with Crippen LogP contribution < -0.4 is 4.74 Å². The van der Waals surface area contributed by atoms with Crippen molar-refractivity contribution >= 4 is 5.97 Å². The lowest BCUT2D eigenvalue weighted by molar-refractivity contribution is -0.299. The molecule has 1 saturated heterocycles. The van der Waals surface area contributed by atoms with E-state index in [9.17, 15) is 20.1 Å². The number of carbonyl (C=O) groups is 1. The van der Waals surface area contributed by atoms with Gasteiger partial charge in [-0.3, -0.25) is 0 Å². The topological polar surface area (TPSA) is 115 Å². The van der Waals surface area contributed by atoms with Crippen molar-refractivity contribution in [3.05, 3.63) is 65.7 Å². The summed E-state index contributed by atoms with van der Waals surface area (Å²) in [6.45, 7) is 2.06. The van der Waals surface area contributed by atoms with Gasteiger partial charge in [0, 0.05) is 6.61 Å². The van der Waals surface area contributed by atoms with Gasteiger partial charge in [0.25, 0.3) is 0 Å². The van der Waals surface area contributed by atoms with E-state index in [1.165, 1.54) is 0 Å². The van der Waals surface area contributed by atoms with Crippen LogP contribution in [-0.2, 0) is 20.8 Å². The Kier molecular flexibility index (Phi) is 7.78. The molecule has 30 heavy (non-hydrogen) atoms.